The van der Waals surface area contributed by atoms with Crippen LogP contribution in [0.4, 0.5) is 18.9 Å². The Labute approximate surface area is 101 Å². The Balaban J connectivity index is 2.03. The minimum Gasteiger partial charge on any atom is -0.399 e. The van der Waals surface area contributed by atoms with E-state index in [9.17, 15) is 13.2 Å². The lowest BCUT2D eigenvalue weighted by atomic mass is 10.1. The molecule has 0 amide bonds. The molecule has 0 radical (unpaired) electrons. The highest BCUT2D eigenvalue weighted by molar-refractivity contribution is 5.46. The maximum atomic E-state index is 12.2. The highest BCUT2D eigenvalue weighted by Gasteiger charge is 2.37. The van der Waals surface area contributed by atoms with Gasteiger partial charge in [-0.25, -0.2) is 0 Å². The van der Waals surface area contributed by atoms with E-state index in [0.29, 0.717) is 12.1 Å². The van der Waals surface area contributed by atoms with Gasteiger partial charge >= 0.3 is 6.18 Å². The number of alkyl halides is 3. The van der Waals surface area contributed by atoms with Gasteiger partial charge in [0.15, 0.2) is 0 Å². The summed E-state index contributed by atoms with van der Waals surface area (Å²) in [4.78, 5) is 3.28. The molecule has 0 fully saturated rings. The highest BCUT2D eigenvalue weighted by Crippen LogP contribution is 2.26. The molecule has 2 rings (SSSR count). The molecule has 1 heterocycles. The molecular formula is C11H10F3N3O. The van der Waals surface area contributed by atoms with Crippen molar-refractivity contribution in [2.24, 2.45) is 0 Å². The minimum atomic E-state index is -4.58. The Hall–Kier alpha value is -2.05. The fourth-order valence-corrected chi connectivity index (χ4v) is 1.48. The predicted molar refractivity (Wildman–Crippen MR) is 57.6 cm³/mol. The summed E-state index contributed by atoms with van der Waals surface area (Å²) < 4.78 is 41.2. The average Bonchev–Trinajstić information content (AvgIpc) is 2.76. The first-order valence-electron chi connectivity index (χ1n) is 5.20. The van der Waals surface area contributed by atoms with E-state index in [0.717, 1.165) is 5.56 Å². The number of nitrogens with zero attached hydrogens (tertiary/aromatic N) is 2. The summed E-state index contributed by atoms with van der Waals surface area (Å²) in [6.45, 7) is 0. The van der Waals surface area contributed by atoms with Gasteiger partial charge in [0.05, 0.1) is 0 Å². The van der Waals surface area contributed by atoms with E-state index in [1.807, 2.05) is 0 Å². The molecule has 2 N–H and O–H groups in total. The predicted octanol–water partition coefficient (Wildman–Crippen LogP) is 2.46. The number of nitrogens with two attached hydrogens (primary N) is 1. The smallest absolute Gasteiger partial charge is 0.399 e. The molecule has 96 valence electrons. The zero-order chi connectivity index (χ0) is 13.2. The molecule has 18 heavy (non-hydrogen) atoms. The van der Waals surface area contributed by atoms with Crippen LogP contribution < -0.4 is 5.73 Å². The number of para-hydroxylation sites is 1. The van der Waals surface area contributed by atoms with Gasteiger partial charge in [-0.2, -0.15) is 18.2 Å². The van der Waals surface area contributed by atoms with Crippen molar-refractivity contribution >= 4 is 5.69 Å². The largest absolute Gasteiger partial charge is 0.455 e. The number of aryl methyl sites for hydroxylation is 2. The summed E-state index contributed by atoms with van der Waals surface area (Å²) in [6.07, 6.45) is -3.91. The zero-order valence-corrected chi connectivity index (χ0v) is 9.24. The Kier molecular flexibility index (Phi) is 3.22. The number of nitrogen functional groups attached to an aromatic ring is 1. The Bertz CT molecular complexity index is 536. The maximum absolute atomic E-state index is 12.2. The molecule has 1 aromatic heterocycles. The van der Waals surface area contributed by atoms with Gasteiger partial charge in [-0.05, 0) is 18.1 Å². The second kappa shape index (κ2) is 4.67. The molecule has 0 saturated heterocycles. The molecule has 0 bridgehead atoms. The minimum absolute atomic E-state index is 0.0504. The van der Waals surface area contributed by atoms with Crippen molar-refractivity contribution in [2.45, 2.75) is 19.0 Å². The van der Waals surface area contributed by atoms with E-state index in [-0.39, 0.29) is 12.3 Å². The summed E-state index contributed by atoms with van der Waals surface area (Å²) in [5.74, 6) is -1.30. The number of aromatic nitrogens is 2. The van der Waals surface area contributed by atoms with E-state index in [1.54, 1.807) is 24.3 Å². The van der Waals surface area contributed by atoms with E-state index < -0.39 is 12.0 Å². The summed E-state index contributed by atoms with van der Waals surface area (Å²) in [5.41, 5.74) is 7.14. The molecule has 2 aromatic rings. The van der Waals surface area contributed by atoms with Crippen molar-refractivity contribution in [3.8, 4) is 0 Å². The van der Waals surface area contributed by atoms with Crippen molar-refractivity contribution in [3.05, 3.63) is 41.5 Å². The average molecular weight is 257 g/mol. The molecule has 0 atom stereocenters. The van der Waals surface area contributed by atoms with Crippen LogP contribution in [0.15, 0.2) is 28.8 Å². The van der Waals surface area contributed by atoms with Gasteiger partial charge in [0.25, 0.3) is 5.82 Å². The molecular weight excluding hydrogens is 247 g/mol. The molecule has 7 heteroatoms. The van der Waals surface area contributed by atoms with Gasteiger partial charge in [0.2, 0.25) is 5.89 Å². The molecule has 0 spiro atoms. The van der Waals surface area contributed by atoms with Crippen molar-refractivity contribution in [1.29, 1.82) is 0 Å². The van der Waals surface area contributed by atoms with Gasteiger partial charge in [-0.3, -0.25) is 0 Å². The third-order valence-electron chi connectivity index (χ3n) is 2.38. The van der Waals surface area contributed by atoms with Crippen LogP contribution in [0.2, 0.25) is 0 Å². The van der Waals surface area contributed by atoms with Crippen LogP contribution in [0.1, 0.15) is 17.3 Å². The molecule has 4 nitrogen and oxygen atoms in total. The monoisotopic (exact) mass is 257 g/mol. The molecule has 0 unspecified atom stereocenters. The van der Waals surface area contributed by atoms with E-state index in [4.69, 9.17) is 5.73 Å². The van der Waals surface area contributed by atoms with Crippen LogP contribution in [-0.2, 0) is 19.0 Å². The first kappa shape index (κ1) is 12.4. The van der Waals surface area contributed by atoms with Crippen LogP contribution in [-0.4, -0.2) is 10.1 Å². The third kappa shape index (κ3) is 2.79. The Morgan fingerprint density at radius 3 is 2.50 bits per heavy atom. The van der Waals surface area contributed by atoms with E-state index in [2.05, 4.69) is 14.7 Å². The first-order valence-corrected chi connectivity index (χ1v) is 5.20. The molecule has 0 saturated carbocycles. The molecule has 0 aliphatic heterocycles. The SMILES string of the molecule is Nc1ccccc1CCc1nc(C(F)(F)F)no1. The normalized spacial score (nSPS) is 11.7. The fourth-order valence-electron chi connectivity index (χ4n) is 1.48. The molecule has 0 aliphatic rings. The quantitative estimate of drug-likeness (QED) is 0.858. The summed E-state index contributed by atoms with van der Waals surface area (Å²) >= 11 is 0. The standard InChI is InChI=1S/C11H10F3N3O/c12-11(13,14)10-16-9(18-17-10)6-5-7-3-1-2-4-8(7)15/h1-4H,5-6,15H2. The van der Waals surface area contributed by atoms with Crippen molar-refractivity contribution < 1.29 is 17.7 Å². The third-order valence-corrected chi connectivity index (χ3v) is 2.38. The highest BCUT2D eigenvalue weighted by atomic mass is 19.4. The van der Waals surface area contributed by atoms with Crippen molar-refractivity contribution in [1.82, 2.24) is 10.1 Å². The second-order valence-electron chi connectivity index (χ2n) is 3.71. The van der Waals surface area contributed by atoms with Crippen LogP contribution in [0.3, 0.4) is 0 Å². The summed E-state index contributed by atoms with van der Waals surface area (Å²) in [7, 11) is 0. The lowest BCUT2D eigenvalue weighted by molar-refractivity contribution is -0.146. The summed E-state index contributed by atoms with van der Waals surface area (Å²) in [5, 5.41) is 2.88. The van der Waals surface area contributed by atoms with Gasteiger partial charge in [-0.1, -0.05) is 23.4 Å². The topological polar surface area (TPSA) is 64.9 Å². The van der Waals surface area contributed by atoms with E-state index in [1.165, 1.54) is 0 Å². The van der Waals surface area contributed by atoms with Gasteiger partial charge in [0.1, 0.15) is 0 Å². The fraction of sp³-hybridized carbons (Fsp3) is 0.273. The molecule has 0 aliphatic carbocycles. The van der Waals surface area contributed by atoms with Crippen LogP contribution in [0, 0.1) is 0 Å². The number of halogens is 3. The van der Waals surface area contributed by atoms with Crippen LogP contribution >= 0.6 is 0 Å². The molecule has 1 aromatic carbocycles. The maximum Gasteiger partial charge on any atom is 0.455 e. The zero-order valence-electron chi connectivity index (χ0n) is 9.24. The van der Waals surface area contributed by atoms with Crippen LogP contribution in [0.25, 0.3) is 0 Å². The van der Waals surface area contributed by atoms with Crippen molar-refractivity contribution in [3.63, 3.8) is 0 Å². The van der Waals surface area contributed by atoms with Crippen molar-refractivity contribution in [2.75, 3.05) is 5.73 Å². The lowest BCUT2D eigenvalue weighted by Gasteiger charge is -2.02. The van der Waals surface area contributed by atoms with Gasteiger partial charge in [-0.15, -0.1) is 0 Å². The Morgan fingerprint density at radius 2 is 1.89 bits per heavy atom. The van der Waals surface area contributed by atoms with Gasteiger partial charge in [0, 0.05) is 12.1 Å². The summed E-state index contributed by atoms with van der Waals surface area (Å²) in [6, 6.07) is 7.12. The number of anilines is 1. The van der Waals surface area contributed by atoms with E-state index >= 15 is 0 Å². The first-order chi connectivity index (χ1) is 8.47. The van der Waals surface area contributed by atoms with Gasteiger partial charge < -0.3 is 10.3 Å². The van der Waals surface area contributed by atoms with Crippen LogP contribution in [0.5, 0.6) is 0 Å². The second-order valence-corrected chi connectivity index (χ2v) is 3.71. The lowest BCUT2D eigenvalue weighted by Crippen LogP contribution is -2.07. The Morgan fingerprint density at radius 1 is 1.17 bits per heavy atom. The number of rotatable bonds is 3. The number of benzene rings is 1. The number of hydrogen-bond acceptors (Lipinski definition) is 4. The number of hydrogen-bond donors (Lipinski definition) is 1.